The molecular weight excluding hydrogens is 403 g/mol. The van der Waals surface area contributed by atoms with Crippen LogP contribution in [0.2, 0.25) is 0 Å². The van der Waals surface area contributed by atoms with Crippen LogP contribution in [0, 0.1) is 5.82 Å². The molecule has 1 saturated carbocycles. The Morgan fingerprint density at radius 1 is 1.13 bits per heavy atom. The lowest BCUT2D eigenvalue weighted by Gasteiger charge is -2.27. The zero-order valence-electron chi connectivity index (χ0n) is 16.5. The zero-order valence-corrected chi connectivity index (χ0v) is 16.5. The molecule has 1 amide bonds. The second kappa shape index (κ2) is 6.74. The molecule has 0 radical (unpaired) electrons. The maximum absolute atomic E-state index is 14.1. The van der Waals surface area contributed by atoms with Gasteiger partial charge in [0.15, 0.2) is 0 Å². The summed E-state index contributed by atoms with van der Waals surface area (Å²) in [5, 5.41) is 4.57. The SMILES string of the molecule is NC(=O)c1cc2c(-c3noc(C4CC4)n3)nc(N3CCOCC3)n2c2ccc(F)cc12. The lowest BCUT2D eigenvalue weighted by Crippen LogP contribution is -2.37. The molecule has 1 aliphatic carbocycles. The molecule has 10 heteroatoms. The maximum atomic E-state index is 14.1. The molecular formula is C21H19FN6O3. The third kappa shape index (κ3) is 2.94. The molecule has 4 aromatic rings. The number of hydrogen-bond donors (Lipinski definition) is 1. The number of hydrogen-bond acceptors (Lipinski definition) is 7. The Morgan fingerprint density at radius 2 is 1.94 bits per heavy atom. The molecule has 4 heterocycles. The van der Waals surface area contributed by atoms with Crippen LogP contribution in [0.4, 0.5) is 10.3 Å². The van der Waals surface area contributed by atoms with Gasteiger partial charge in [0.25, 0.3) is 0 Å². The fourth-order valence-corrected chi connectivity index (χ4v) is 4.10. The summed E-state index contributed by atoms with van der Waals surface area (Å²) >= 11 is 0. The van der Waals surface area contributed by atoms with E-state index in [2.05, 4.69) is 15.0 Å². The van der Waals surface area contributed by atoms with Crippen molar-refractivity contribution in [3.05, 3.63) is 41.5 Å². The van der Waals surface area contributed by atoms with E-state index >= 15 is 0 Å². The second-order valence-electron chi connectivity index (χ2n) is 7.89. The summed E-state index contributed by atoms with van der Waals surface area (Å²) in [4.78, 5) is 23.7. The topological polar surface area (TPSA) is 112 Å². The predicted octanol–water partition coefficient (Wildman–Crippen LogP) is 2.49. The standard InChI is InChI=1S/C21H19FN6O3/c22-12-3-4-15-13(9-12)14(18(23)29)10-16-17(19-25-20(31-26-19)11-1-2-11)24-21(28(15)16)27-5-7-30-8-6-27/h3-4,9-11H,1-2,5-8H2,(H2,23,29). The van der Waals surface area contributed by atoms with Crippen molar-refractivity contribution in [1.82, 2.24) is 19.5 Å². The minimum Gasteiger partial charge on any atom is -0.378 e. The molecule has 1 aromatic carbocycles. The van der Waals surface area contributed by atoms with Crippen LogP contribution in [0.3, 0.4) is 0 Å². The number of aromatic nitrogens is 4. The number of nitrogens with zero attached hydrogens (tertiary/aromatic N) is 5. The lowest BCUT2D eigenvalue weighted by molar-refractivity contribution is 0.100. The van der Waals surface area contributed by atoms with E-state index < -0.39 is 11.7 Å². The number of carbonyl (C=O) groups is 1. The Labute approximate surface area is 175 Å². The van der Waals surface area contributed by atoms with Crippen molar-refractivity contribution in [2.45, 2.75) is 18.8 Å². The van der Waals surface area contributed by atoms with Gasteiger partial charge < -0.3 is 19.9 Å². The molecule has 0 bridgehead atoms. The first kappa shape index (κ1) is 18.3. The summed E-state index contributed by atoms with van der Waals surface area (Å²) in [5.74, 6) is 0.815. The molecule has 1 aliphatic heterocycles. The van der Waals surface area contributed by atoms with Gasteiger partial charge in [-0.25, -0.2) is 9.37 Å². The van der Waals surface area contributed by atoms with Gasteiger partial charge in [0.2, 0.25) is 23.6 Å². The number of imidazole rings is 1. The third-order valence-corrected chi connectivity index (χ3v) is 5.81. The van der Waals surface area contributed by atoms with Gasteiger partial charge >= 0.3 is 0 Å². The monoisotopic (exact) mass is 422 g/mol. The highest BCUT2D eigenvalue weighted by atomic mass is 19.1. The second-order valence-corrected chi connectivity index (χ2v) is 7.89. The van der Waals surface area contributed by atoms with E-state index in [1.165, 1.54) is 12.1 Å². The molecule has 2 N–H and O–H groups in total. The number of amides is 1. The van der Waals surface area contributed by atoms with E-state index in [4.69, 9.17) is 20.0 Å². The first-order chi connectivity index (χ1) is 15.1. The van der Waals surface area contributed by atoms with Gasteiger partial charge in [-0.15, -0.1) is 0 Å². The quantitative estimate of drug-likeness (QED) is 0.538. The molecule has 1 saturated heterocycles. The van der Waals surface area contributed by atoms with Gasteiger partial charge in [0, 0.05) is 24.4 Å². The van der Waals surface area contributed by atoms with Crippen LogP contribution < -0.4 is 10.6 Å². The zero-order chi connectivity index (χ0) is 21.1. The van der Waals surface area contributed by atoms with Crippen LogP contribution in [0.1, 0.15) is 35.0 Å². The smallest absolute Gasteiger partial charge is 0.249 e. The number of pyridine rings is 1. The molecule has 9 nitrogen and oxygen atoms in total. The highest BCUT2D eigenvalue weighted by Gasteiger charge is 2.31. The molecule has 3 aromatic heterocycles. The van der Waals surface area contributed by atoms with Crippen LogP contribution in [-0.2, 0) is 4.74 Å². The van der Waals surface area contributed by atoms with Gasteiger partial charge in [-0.1, -0.05) is 5.16 Å². The van der Waals surface area contributed by atoms with Crippen LogP contribution in [0.5, 0.6) is 0 Å². The van der Waals surface area contributed by atoms with Gasteiger partial charge in [-0.05, 0) is 37.1 Å². The molecule has 2 aliphatic rings. The predicted molar refractivity (Wildman–Crippen MR) is 109 cm³/mol. The summed E-state index contributed by atoms with van der Waals surface area (Å²) in [5.41, 5.74) is 7.58. The Hall–Kier alpha value is -3.53. The number of nitrogens with two attached hydrogens (primary N) is 1. The average molecular weight is 422 g/mol. The van der Waals surface area contributed by atoms with E-state index in [-0.39, 0.29) is 5.56 Å². The van der Waals surface area contributed by atoms with Crippen LogP contribution in [0.25, 0.3) is 27.9 Å². The van der Waals surface area contributed by atoms with Gasteiger partial charge in [0.1, 0.15) is 11.5 Å². The van der Waals surface area contributed by atoms with E-state index in [1.54, 1.807) is 12.1 Å². The molecule has 2 fully saturated rings. The summed E-state index contributed by atoms with van der Waals surface area (Å²) in [6.07, 6.45) is 2.07. The summed E-state index contributed by atoms with van der Waals surface area (Å²) in [6.45, 7) is 2.45. The van der Waals surface area contributed by atoms with Gasteiger partial charge in [0.05, 0.1) is 29.8 Å². The van der Waals surface area contributed by atoms with Crippen molar-refractivity contribution in [2.24, 2.45) is 5.73 Å². The third-order valence-electron chi connectivity index (χ3n) is 5.81. The number of anilines is 1. The average Bonchev–Trinajstić information content (AvgIpc) is 3.38. The molecule has 6 rings (SSSR count). The van der Waals surface area contributed by atoms with Crippen molar-refractivity contribution in [1.29, 1.82) is 0 Å². The fraction of sp³-hybridized carbons (Fsp3) is 0.333. The number of primary amides is 1. The molecule has 0 unspecified atom stereocenters. The van der Waals surface area contributed by atoms with Crippen molar-refractivity contribution < 1.29 is 18.4 Å². The van der Waals surface area contributed by atoms with E-state index in [0.717, 1.165) is 12.8 Å². The number of halogens is 1. The summed E-state index contributed by atoms with van der Waals surface area (Å²) in [7, 11) is 0. The number of rotatable bonds is 4. The van der Waals surface area contributed by atoms with E-state index in [1.807, 2.05) is 4.40 Å². The van der Waals surface area contributed by atoms with Crippen LogP contribution in [0.15, 0.2) is 28.8 Å². The minimum absolute atomic E-state index is 0.211. The summed E-state index contributed by atoms with van der Waals surface area (Å²) in [6, 6.07) is 5.93. The molecule has 158 valence electrons. The van der Waals surface area contributed by atoms with E-state index in [0.29, 0.717) is 72.0 Å². The highest BCUT2D eigenvalue weighted by molar-refractivity contribution is 6.08. The van der Waals surface area contributed by atoms with Crippen LogP contribution in [-0.4, -0.2) is 51.7 Å². The van der Waals surface area contributed by atoms with Gasteiger partial charge in [-0.3, -0.25) is 9.20 Å². The first-order valence-corrected chi connectivity index (χ1v) is 10.2. The molecule has 0 atom stereocenters. The normalized spacial score (nSPS) is 17.0. The van der Waals surface area contributed by atoms with Crippen LogP contribution >= 0.6 is 0 Å². The Kier molecular flexibility index (Phi) is 3.97. The fourth-order valence-electron chi connectivity index (χ4n) is 4.10. The van der Waals surface area contributed by atoms with Crippen molar-refractivity contribution in [3.8, 4) is 11.5 Å². The largest absolute Gasteiger partial charge is 0.378 e. The number of ether oxygens (including phenoxy) is 1. The molecule has 0 spiro atoms. The maximum Gasteiger partial charge on any atom is 0.249 e. The van der Waals surface area contributed by atoms with Crippen molar-refractivity contribution >= 4 is 28.3 Å². The van der Waals surface area contributed by atoms with Crippen molar-refractivity contribution in [2.75, 3.05) is 31.2 Å². The summed E-state index contributed by atoms with van der Waals surface area (Å²) < 4.78 is 26.9. The Balaban J connectivity index is 1.66. The van der Waals surface area contributed by atoms with E-state index in [9.17, 15) is 9.18 Å². The lowest BCUT2D eigenvalue weighted by atomic mass is 10.1. The molecule has 31 heavy (non-hydrogen) atoms. The van der Waals surface area contributed by atoms with Crippen molar-refractivity contribution in [3.63, 3.8) is 0 Å². The number of morpholine rings is 1. The Bertz CT molecular complexity index is 1340. The Morgan fingerprint density at radius 3 is 2.68 bits per heavy atom. The number of carbonyl (C=O) groups excluding carboxylic acids is 1. The van der Waals surface area contributed by atoms with Gasteiger partial charge in [-0.2, -0.15) is 4.98 Å². The number of fused-ring (bicyclic) bond motifs is 3. The number of benzene rings is 1. The minimum atomic E-state index is -0.648. The highest BCUT2D eigenvalue weighted by Crippen LogP contribution is 2.40. The first-order valence-electron chi connectivity index (χ1n) is 10.2.